The van der Waals surface area contributed by atoms with E-state index < -0.39 is 0 Å². The van der Waals surface area contributed by atoms with Crippen molar-refractivity contribution in [2.75, 3.05) is 31.6 Å². The Morgan fingerprint density at radius 3 is 3.20 bits per heavy atom. The van der Waals surface area contributed by atoms with E-state index in [-0.39, 0.29) is 11.9 Å². The summed E-state index contributed by atoms with van der Waals surface area (Å²) >= 11 is 0. The van der Waals surface area contributed by atoms with Crippen molar-refractivity contribution in [3.63, 3.8) is 0 Å². The lowest BCUT2D eigenvalue weighted by molar-refractivity contribution is -0.0415. The Kier molecular flexibility index (Phi) is 3.86. The summed E-state index contributed by atoms with van der Waals surface area (Å²) in [7, 11) is 0. The Labute approximate surface area is 118 Å². The van der Waals surface area contributed by atoms with Gasteiger partial charge in [0.1, 0.15) is 5.82 Å². The van der Waals surface area contributed by atoms with Crippen LogP contribution in [0.25, 0.3) is 0 Å². The molecule has 4 nitrogen and oxygen atoms in total. The van der Waals surface area contributed by atoms with Crippen LogP contribution in [0.1, 0.15) is 18.4 Å². The van der Waals surface area contributed by atoms with Gasteiger partial charge in [-0.3, -0.25) is 4.90 Å². The molecule has 106 valence electrons. The summed E-state index contributed by atoms with van der Waals surface area (Å²) in [6.07, 6.45) is 2.57. The number of nitrogens with zero attached hydrogens (tertiary/aromatic N) is 2. The fourth-order valence-corrected chi connectivity index (χ4v) is 2.96. The van der Waals surface area contributed by atoms with Gasteiger partial charge in [0.05, 0.1) is 30.0 Å². The Hall–Kier alpha value is -1.64. The number of hydrogen-bond donors (Lipinski definition) is 1. The van der Waals surface area contributed by atoms with Gasteiger partial charge >= 0.3 is 0 Å². The molecule has 2 unspecified atom stereocenters. The van der Waals surface area contributed by atoms with E-state index in [0.29, 0.717) is 23.8 Å². The lowest BCUT2D eigenvalue weighted by atomic mass is 10.1. The second-order valence-electron chi connectivity index (χ2n) is 5.43. The summed E-state index contributed by atoms with van der Waals surface area (Å²) in [6, 6.07) is 6.98. The van der Waals surface area contributed by atoms with Crippen LogP contribution >= 0.6 is 0 Å². The maximum absolute atomic E-state index is 13.7. The van der Waals surface area contributed by atoms with Crippen LogP contribution in [-0.2, 0) is 4.74 Å². The third-order valence-electron chi connectivity index (χ3n) is 4.08. The number of nitriles is 1. The molecule has 3 rings (SSSR count). The van der Waals surface area contributed by atoms with Gasteiger partial charge in [-0.2, -0.15) is 5.26 Å². The second-order valence-corrected chi connectivity index (χ2v) is 5.43. The van der Waals surface area contributed by atoms with Crippen molar-refractivity contribution in [2.45, 2.75) is 25.0 Å². The van der Waals surface area contributed by atoms with Crippen LogP contribution in [0.3, 0.4) is 0 Å². The SMILES string of the molecule is N#Cc1ccc(NCC2CN3CCCC3CO2)c(F)c1. The fraction of sp³-hybridized carbons (Fsp3) is 0.533. The van der Waals surface area contributed by atoms with Crippen molar-refractivity contribution < 1.29 is 9.13 Å². The zero-order valence-electron chi connectivity index (χ0n) is 11.3. The van der Waals surface area contributed by atoms with Crippen LogP contribution < -0.4 is 5.32 Å². The van der Waals surface area contributed by atoms with E-state index in [1.807, 2.05) is 6.07 Å². The minimum atomic E-state index is -0.390. The number of halogens is 1. The summed E-state index contributed by atoms with van der Waals surface area (Å²) in [5.74, 6) is -0.390. The molecule has 1 aromatic rings. The molecule has 0 amide bonds. The average molecular weight is 275 g/mol. The van der Waals surface area contributed by atoms with E-state index in [2.05, 4.69) is 10.2 Å². The molecule has 2 fully saturated rings. The predicted molar refractivity (Wildman–Crippen MR) is 73.9 cm³/mol. The molecule has 5 heteroatoms. The normalized spacial score (nSPS) is 26.0. The number of fused-ring (bicyclic) bond motifs is 1. The van der Waals surface area contributed by atoms with Crippen LogP contribution in [-0.4, -0.2) is 43.3 Å². The lowest BCUT2D eigenvalue weighted by Gasteiger charge is -2.35. The van der Waals surface area contributed by atoms with Crippen molar-refractivity contribution in [3.05, 3.63) is 29.6 Å². The summed E-state index contributed by atoms with van der Waals surface area (Å²) in [4.78, 5) is 2.46. The van der Waals surface area contributed by atoms with Crippen molar-refractivity contribution in [3.8, 4) is 6.07 Å². The van der Waals surface area contributed by atoms with Crippen LogP contribution in [0.4, 0.5) is 10.1 Å². The van der Waals surface area contributed by atoms with Crippen LogP contribution in [0, 0.1) is 17.1 Å². The van der Waals surface area contributed by atoms with Crippen molar-refractivity contribution in [1.29, 1.82) is 5.26 Å². The molecular weight excluding hydrogens is 257 g/mol. The maximum Gasteiger partial charge on any atom is 0.147 e. The molecule has 1 N–H and O–H groups in total. The topological polar surface area (TPSA) is 48.3 Å². The Morgan fingerprint density at radius 1 is 1.50 bits per heavy atom. The largest absolute Gasteiger partial charge is 0.380 e. The highest BCUT2D eigenvalue weighted by Crippen LogP contribution is 2.23. The first kappa shape index (κ1) is 13.3. The number of rotatable bonds is 3. The first-order valence-corrected chi connectivity index (χ1v) is 7.05. The molecule has 0 saturated carbocycles. The predicted octanol–water partition coefficient (Wildman–Crippen LogP) is 1.97. The molecule has 0 aliphatic carbocycles. The number of nitrogens with one attached hydrogen (secondary N) is 1. The Bertz CT molecular complexity index is 528. The molecule has 2 atom stereocenters. The minimum absolute atomic E-state index is 0.0967. The smallest absolute Gasteiger partial charge is 0.147 e. The van der Waals surface area contributed by atoms with Crippen LogP contribution in [0.2, 0.25) is 0 Å². The first-order valence-electron chi connectivity index (χ1n) is 7.05. The molecule has 2 heterocycles. The van der Waals surface area contributed by atoms with Gasteiger partial charge in [0, 0.05) is 19.1 Å². The highest BCUT2D eigenvalue weighted by molar-refractivity contribution is 5.48. The van der Waals surface area contributed by atoms with Gasteiger partial charge in [-0.05, 0) is 37.6 Å². The molecule has 0 aromatic heterocycles. The summed E-state index contributed by atoms with van der Waals surface area (Å²) in [5.41, 5.74) is 0.762. The van der Waals surface area contributed by atoms with Crippen LogP contribution in [0.5, 0.6) is 0 Å². The average Bonchev–Trinajstić information content (AvgIpc) is 2.93. The minimum Gasteiger partial charge on any atom is -0.380 e. The summed E-state index contributed by atoms with van der Waals surface area (Å²) in [5, 5.41) is 11.8. The third kappa shape index (κ3) is 2.77. The maximum atomic E-state index is 13.7. The highest BCUT2D eigenvalue weighted by Gasteiger charge is 2.31. The number of hydrogen-bond acceptors (Lipinski definition) is 4. The third-order valence-corrected chi connectivity index (χ3v) is 4.08. The molecular formula is C15H18FN3O. The quantitative estimate of drug-likeness (QED) is 0.916. The van der Waals surface area contributed by atoms with Gasteiger partial charge in [-0.15, -0.1) is 0 Å². The summed E-state index contributed by atoms with van der Waals surface area (Å²) in [6.45, 7) is 3.43. The van der Waals surface area contributed by atoms with Gasteiger partial charge in [-0.25, -0.2) is 4.39 Å². The van der Waals surface area contributed by atoms with Gasteiger partial charge in [0.15, 0.2) is 0 Å². The number of ether oxygens (including phenoxy) is 1. The molecule has 2 aliphatic rings. The van der Waals surface area contributed by atoms with Crippen molar-refractivity contribution >= 4 is 5.69 Å². The standard InChI is InChI=1S/C15H18FN3O/c16-14-6-11(7-17)3-4-15(14)18-8-13-9-19-5-1-2-12(19)10-20-13/h3-4,6,12-13,18H,1-2,5,8-10H2. The zero-order chi connectivity index (χ0) is 13.9. The second kappa shape index (κ2) is 5.78. The molecule has 2 saturated heterocycles. The molecule has 20 heavy (non-hydrogen) atoms. The Morgan fingerprint density at radius 2 is 2.40 bits per heavy atom. The highest BCUT2D eigenvalue weighted by atomic mass is 19.1. The molecule has 0 radical (unpaired) electrons. The van der Waals surface area contributed by atoms with E-state index in [4.69, 9.17) is 10.00 Å². The molecule has 2 aliphatic heterocycles. The molecule has 1 aromatic carbocycles. The van der Waals surface area contributed by atoms with E-state index in [0.717, 1.165) is 19.7 Å². The molecule has 0 spiro atoms. The van der Waals surface area contributed by atoms with E-state index in [1.54, 1.807) is 12.1 Å². The van der Waals surface area contributed by atoms with Gasteiger partial charge in [0.2, 0.25) is 0 Å². The van der Waals surface area contributed by atoms with Gasteiger partial charge in [0.25, 0.3) is 0 Å². The van der Waals surface area contributed by atoms with E-state index in [1.165, 1.54) is 18.9 Å². The summed E-state index contributed by atoms with van der Waals surface area (Å²) < 4.78 is 19.6. The monoisotopic (exact) mass is 275 g/mol. The van der Waals surface area contributed by atoms with Crippen molar-refractivity contribution in [2.24, 2.45) is 0 Å². The van der Waals surface area contributed by atoms with E-state index >= 15 is 0 Å². The van der Waals surface area contributed by atoms with Gasteiger partial charge in [-0.1, -0.05) is 0 Å². The lowest BCUT2D eigenvalue weighted by Crippen LogP contribution is -2.48. The first-order chi connectivity index (χ1) is 9.76. The number of anilines is 1. The van der Waals surface area contributed by atoms with Crippen molar-refractivity contribution in [1.82, 2.24) is 4.90 Å². The fourth-order valence-electron chi connectivity index (χ4n) is 2.96. The van der Waals surface area contributed by atoms with Gasteiger partial charge < -0.3 is 10.1 Å². The number of benzene rings is 1. The molecule has 0 bridgehead atoms. The number of morpholine rings is 1. The zero-order valence-corrected chi connectivity index (χ0v) is 11.3. The van der Waals surface area contributed by atoms with Crippen LogP contribution in [0.15, 0.2) is 18.2 Å². The Balaban J connectivity index is 1.56. The van der Waals surface area contributed by atoms with E-state index in [9.17, 15) is 4.39 Å².